The van der Waals surface area contributed by atoms with Crippen molar-refractivity contribution in [1.82, 2.24) is 20.6 Å². The summed E-state index contributed by atoms with van der Waals surface area (Å²) in [7, 11) is 0. The number of carbonyl (C=O) groups excluding carboxylic acids is 1. The van der Waals surface area contributed by atoms with Crippen molar-refractivity contribution < 1.29 is 9.53 Å². The van der Waals surface area contributed by atoms with Gasteiger partial charge in [0.15, 0.2) is 6.61 Å². The Morgan fingerprint density at radius 3 is 3.09 bits per heavy atom. The number of rotatable bonds is 3. The van der Waals surface area contributed by atoms with E-state index in [2.05, 4.69) is 25.4 Å². The maximum absolute atomic E-state index is 10.5. The summed E-state index contributed by atoms with van der Waals surface area (Å²) in [6, 6.07) is 0. The standard InChI is InChI=1S/C4H7N5O2/c5-1-4(10)11-2-3-6-8-9-7-3/h1-2,5H2,(H,6,7,8,9). The van der Waals surface area contributed by atoms with Gasteiger partial charge in [0.1, 0.15) is 0 Å². The number of hydrogen-bond acceptors (Lipinski definition) is 6. The third kappa shape index (κ3) is 2.30. The largest absolute Gasteiger partial charge is 0.456 e. The van der Waals surface area contributed by atoms with Crippen LogP contribution in [0.3, 0.4) is 0 Å². The highest BCUT2D eigenvalue weighted by Crippen LogP contribution is 1.87. The summed E-state index contributed by atoms with van der Waals surface area (Å²) in [6.45, 7) is -0.135. The average Bonchev–Trinajstić information content (AvgIpc) is 2.52. The Bertz CT molecular complexity index is 220. The SMILES string of the molecule is NCC(=O)OCc1nn[nH]n1. The zero-order valence-electron chi connectivity index (χ0n) is 5.65. The molecule has 0 aliphatic rings. The molecule has 0 aliphatic heterocycles. The molecule has 3 N–H and O–H groups in total. The van der Waals surface area contributed by atoms with E-state index in [-0.39, 0.29) is 13.2 Å². The van der Waals surface area contributed by atoms with E-state index < -0.39 is 5.97 Å². The summed E-state index contributed by atoms with van der Waals surface area (Å²) in [4.78, 5) is 10.5. The van der Waals surface area contributed by atoms with Crippen LogP contribution in [0.1, 0.15) is 5.82 Å². The Hall–Kier alpha value is -1.50. The van der Waals surface area contributed by atoms with E-state index in [0.29, 0.717) is 5.82 Å². The van der Waals surface area contributed by atoms with Crippen molar-refractivity contribution in [3.8, 4) is 0 Å². The quantitative estimate of drug-likeness (QED) is 0.501. The maximum atomic E-state index is 10.5. The van der Waals surface area contributed by atoms with E-state index in [1.54, 1.807) is 0 Å². The second kappa shape index (κ2) is 3.62. The van der Waals surface area contributed by atoms with Gasteiger partial charge in [0.2, 0.25) is 5.82 Å². The maximum Gasteiger partial charge on any atom is 0.320 e. The molecule has 1 aromatic heterocycles. The van der Waals surface area contributed by atoms with Gasteiger partial charge in [-0.25, -0.2) is 0 Å². The van der Waals surface area contributed by atoms with Gasteiger partial charge in [-0.15, -0.1) is 10.2 Å². The number of ether oxygens (including phenoxy) is 1. The molecule has 0 amide bonds. The average molecular weight is 157 g/mol. The smallest absolute Gasteiger partial charge is 0.320 e. The van der Waals surface area contributed by atoms with Gasteiger partial charge in [0.05, 0.1) is 6.54 Å². The van der Waals surface area contributed by atoms with Gasteiger partial charge in [0, 0.05) is 0 Å². The summed E-state index contributed by atoms with van der Waals surface area (Å²) >= 11 is 0. The topological polar surface area (TPSA) is 107 Å². The van der Waals surface area contributed by atoms with Crippen LogP contribution < -0.4 is 5.73 Å². The number of H-pyrrole nitrogens is 1. The number of aromatic amines is 1. The molecule has 0 fully saturated rings. The summed E-state index contributed by atoms with van der Waals surface area (Å²) in [5.74, 6) is -0.165. The first-order valence-electron chi connectivity index (χ1n) is 2.91. The third-order valence-corrected chi connectivity index (χ3v) is 0.918. The molecule has 7 heteroatoms. The molecule has 0 radical (unpaired) electrons. The van der Waals surface area contributed by atoms with Crippen molar-refractivity contribution >= 4 is 5.97 Å². The molecule has 1 heterocycles. The number of nitrogens with zero attached hydrogens (tertiary/aromatic N) is 3. The molecule has 0 aromatic carbocycles. The first-order chi connectivity index (χ1) is 5.33. The number of aromatic nitrogens is 4. The van der Waals surface area contributed by atoms with E-state index >= 15 is 0 Å². The zero-order valence-corrected chi connectivity index (χ0v) is 5.65. The van der Waals surface area contributed by atoms with Crippen LogP contribution >= 0.6 is 0 Å². The molecule has 0 atom stereocenters. The van der Waals surface area contributed by atoms with Gasteiger partial charge in [-0.2, -0.15) is 5.21 Å². The minimum atomic E-state index is -0.491. The van der Waals surface area contributed by atoms with Gasteiger partial charge in [-0.05, 0) is 0 Å². The molecule has 0 bridgehead atoms. The van der Waals surface area contributed by atoms with Crippen LogP contribution in [0.2, 0.25) is 0 Å². The highest BCUT2D eigenvalue weighted by molar-refractivity contribution is 5.71. The van der Waals surface area contributed by atoms with Crippen LogP contribution in [0.4, 0.5) is 0 Å². The Balaban J connectivity index is 2.29. The minimum absolute atomic E-state index is 0.00648. The Labute approximate surface area is 61.9 Å². The highest BCUT2D eigenvalue weighted by atomic mass is 16.5. The van der Waals surface area contributed by atoms with E-state index in [0.717, 1.165) is 0 Å². The van der Waals surface area contributed by atoms with Crippen molar-refractivity contribution in [2.75, 3.05) is 6.54 Å². The van der Waals surface area contributed by atoms with Crippen LogP contribution in [0.25, 0.3) is 0 Å². The lowest BCUT2D eigenvalue weighted by Crippen LogP contribution is -2.16. The monoisotopic (exact) mass is 157 g/mol. The molecule has 1 aromatic rings. The van der Waals surface area contributed by atoms with E-state index in [1.807, 2.05) is 0 Å². The molecular formula is C4H7N5O2. The summed E-state index contributed by atoms with van der Waals surface area (Å²) in [6.07, 6.45) is 0. The van der Waals surface area contributed by atoms with Crippen LogP contribution in [0, 0.1) is 0 Å². The van der Waals surface area contributed by atoms with Crippen LogP contribution in [-0.4, -0.2) is 33.1 Å². The van der Waals surface area contributed by atoms with Gasteiger partial charge in [0.25, 0.3) is 0 Å². The molecular weight excluding hydrogens is 150 g/mol. The van der Waals surface area contributed by atoms with E-state index in [4.69, 9.17) is 5.73 Å². The fourth-order valence-corrected chi connectivity index (χ4v) is 0.448. The number of nitrogens with one attached hydrogen (secondary N) is 1. The van der Waals surface area contributed by atoms with Gasteiger partial charge < -0.3 is 10.5 Å². The van der Waals surface area contributed by atoms with Gasteiger partial charge >= 0.3 is 5.97 Å². The van der Waals surface area contributed by atoms with Gasteiger partial charge in [-0.3, -0.25) is 4.79 Å². The van der Waals surface area contributed by atoms with Crippen molar-refractivity contribution in [2.24, 2.45) is 5.73 Å². The van der Waals surface area contributed by atoms with Crippen LogP contribution in [0.5, 0.6) is 0 Å². The highest BCUT2D eigenvalue weighted by Gasteiger charge is 2.01. The Morgan fingerprint density at radius 1 is 1.73 bits per heavy atom. The molecule has 0 unspecified atom stereocenters. The number of tetrazole rings is 1. The summed E-state index contributed by atoms with van der Waals surface area (Å²) in [5, 5.41) is 12.6. The molecule has 0 saturated carbocycles. The van der Waals surface area contributed by atoms with Crippen molar-refractivity contribution in [1.29, 1.82) is 0 Å². The van der Waals surface area contributed by atoms with Gasteiger partial charge in [-0.1, -0.05) is 5.21 Å². The number of esters is 1. The lowest BCUT2D eigenvalue weighted by molar-refractivity contribution is -0.143. The molecule has 60 valence electrons. The fraction of sp³-hybridized carbons (Fsp3) is 0.500. The predicted molar refractivity (Wildman–Crippen MR) is 33.0 cm³/mol. The summed E-state index contributed by atoms with van der Waals surface area (Å²) in [5.41, 5.74) is 4.97. The normalized spacial score (nSPS) is 9.55. The second-order valence-corrected chi connectivity index (χ2v) is 1.69. The second-order valence-electron chi connectivity index (χ2n) is 1.69. The molecule has 0 saturated heterocycles. The summed E-state index contributed by atoms with van der Waals surface area (Å²) < 4.78 is 4.59. The minimum Gasteiger partial charge on any atom is -0.456 e. The Morgan fingerprint density at radius 2 is 2.55 bits per heavy atom. The lowest BCUT2D eigenvalue weighted by Gasteiger charge is -1.96. The van der Waals surface area contributed by atoms with Crippen molar-refractivity contribution in [3.05, 3.63) is 5.82 Å². The first-order valence-corrected chi connectivity index (χ1v) is 2.91. The van der Waals surface area contributed by atoms with Crippen LogP contribution in [0.15, 0.2) is 0 Å². The first kappa shape index (κ1) is 7.61. The molecule has 11 heavy (non-hydrogen) atoms. The molecule has 7 nitrogen and oxygen atoms in total. The molecule has 0 spiro atoms. The van der Waals surface area contributed by atoms with Crippen molar-refractivity contribution in [3.63, 3.8) is 0 Å². The third-order valence-electron chi connectivity index (χ3n) is 0.918. The predicted octanol–water partition coefficient (Wildman–Crippen LogP) is -1.80. The lowest BCUT2D eigenvalue weighted by atomic mass is 10.6. The number of nitrogens with two attached hydrogens (primary N) is 1. The number of hydrogen-bond donors (Lipinski definition) is 2. The van der Waals surface area contributed by atoms with E-state index in [9.17, 15) is 4.79 Å². The zero-order chi connectivity index (χ0) is 8.10. The van der Waals surface area contributed by atoms with Crippen molar-refractivity contribution in [2.45, 2.75) is 6.61 Å². The fourth-order valence-electron chi connectivity index (χ4n) is 0.448. The van der Waals surface area contributed by atoms with Crippen LogP contribution in [-0.2, 0) is 16.1 Å². The van der Waals surface area contributed by atoms with E-state index in [1.165, 1.54) is 0 Å². The molecule has 0 aliphatic carbocycles. The molecule has 1 rings (SSSR count). The number of carbonyl (C=O) groups is 1. The Kier molecular flexibility index (Phi) is 2.50.